The molecule has 0 aliphatic heterocycles. The van der Waals surface area contributed by atoms with Crippen molar-refractivity contribution in [2.24, 2.45) is 0 Å². The van der Waals surface area contributed by atoms with Gasteiger partial charge in [0, 0.05) is 17.7 Å². The summed E-state index contributed by atoms with van der Waals surface area (Å²) in [6, 6.07) is 16.5. The van der Waals surface area contributed by atoms with Crippen molar-refractivity contribution in [2.75, 3.05) is 5.32 Å². The first-order chi connectivity index (χ1) is 12.6. The number of anilines is 1. The number of H-pyrrole nitrogens is 1. The fraction of sp³-hybridized carbons (Fsp3) is 0.273. The molecule has 132 valence electrons. The van der Waals surface area contributed by atoms with E-state index in [4.69, 9.17) is 0 Å². The van der Waals surface area contributed by atoms with Gasteiger partial charge in [0.05, 0.1) is 6.42 Å². The van der Waals surface area contributed by atoms with Gasteiger partial charge in [-0.15, -0.1) is 0 Å². The Morgan fingerprint density at radius 2 is 1.81 bits per heavy atom. The third kappa shape index (κ3) is 3.54. The minimum Gasteiger partial charge on any atom is -0.309 e. The van der Waals surface area contributed by atoms with Crippen molar-refractivity contribution in [3.63, 3.8) is 0 Å². The van der Waals surface area contributed by atoms with Gasteiger partial charge in [-0.1, -0.05) is 42.5 Å². The van der Waals surface area contributed by atoms with Crippen molar-refractivity contribution in [3.8, 4) is 11.1 Å². The maximum absolute atomic E-state index is 12.3. The van der Waals surface area contributed by atoms with E-state index in [1.807, 2.05) is 18.2 Å². The number of rotatable bonds is 5. The van der Waals surface area contributed by atoms with E-state index >= 15 is 0 Å². The second-order valence-electron chi connectivity index (χ2n) is 7.17. The average molecular weight is 345 g/mol. The number of nitrogens with zero attached hydrogens (tertiary/aromatic N) is 1. The van der Waals surface area contributed by atoms with Crippen LogP contribution in [0.4, 0.5) is 5.82 Å². The Kier molecular flexibility index (Phi) is 4.33. The number of nitrogens with one attached hydrogen (secondary N) is 2. The van der Waals surface area contributed by atoms with E-state index in [-0.39, 0.29) is 5.91 Å². The summed E-state index contributed by atoms with van der Waals surface area (Å²) >= 11 is 0. The third-order valence-electron chi connectivity index (χ3n) is 4.97. The number of carbonyl (C=O) groups excluding carboxylic acids is 1. The molecule has 1 fully saturated rings. The molecule has 2 N–H and O–H groups in total. The maximum atomic E-state index is 12.3. The van der Waals surface area contributed by atoms with Crippen LogP contribution in [0.15, 0.2) is 48.5 Å². The first kappa shape index (κ1) is 16.6. The van der Waals surface area contributed by atoms with Gasteiger partial charge in [0.15, 0.2) is 5.82 Å². The van der Waals surface area contributed by atoms with Crippen LogP contribution in [0.2, 0.25) is 0 Å². The molecule has 0 bridgehead atoms. The van der Waals surface area contributed by atoms with Crippen LogP contribution in [0.1, 0.15) is 41.1 Å². The third-order valence-corrected chi connectivity index (χ3v) is 4.97. The molecular weight excluding hydrogens is 322 g/mol. The van der Waals surface area contributed by atoms with Crippen molar-refractivity contribution in [1.29, 1.82) is 0 Å². The molecule has 0 atom stereocenters. The molecule has 1 aromatic heterocycles. The summed E-state index contributed by atoms with van der Waals surface area (Å²) in [5.74, 6) is 1.17. The molecule has 1 heterocycles. The van der Waals surface area contributed by atoms with Gasteiger partial charge >= 0.3 is 0 Å². The Labute approximate surface area is 153 Å². The van der Waals surface area contributed by atoms with Crippen molar-refractivity contribution in [1.82, 2.24) is 10.2 Å². The first-order valence-electron chi connectivity index (χ1n) is 9.11. The summed E-state index contributed by atoms with van der Waals surface area (Å²) < 4.78 is 0. The highest BCUT2D eigenvalue weighted by molar-refractivity contribution is 5.91. The van der Waals surface area contributed by atoms with Crippen LogP contribution in [0.3, 0.4) is 0 Å². The summed E-state index contributed by atoms with van der Waals surface area (Å²) in [5.41, 5.74) is 7.11. The van der Waals surface area contributed by atoms with Crippen molar-refractivity contribution in [3.05, 3.63) is 70.9 Å². The Bertz CT molecular complexity index is 916. The zero-order valence-electron chi connectivity index (χ0n) is 15.2. The minimum atomic E-state index is -0.0429. The minimum absolute atomic E-state index is 0.0429. The molecule has 0 unspecified atom stereocenters. The Hall–Kier alpha value is -2.88. The molecule has 1 saturated carbocycles. The maximum Gasteiger partial charge on any atom is 0.229 e. The number of aromatic nitrogens is 2. The zero-order valence-corrected chi connectivity index (χ0v) is 15.2. The van der Waals surface area contributed by atoms with Gasteiger partial charge in [0.25, 0.3) is 0 Å². The second-order valence-corrected chi connectivity index (χ2v) is 7.17. The molecule has 0 radical (unpaired) electrons. The van der Waals surface area contributed by atoms with Crippen molar-refractivity contribution >= 4 is 11.7 Å². The quantitative estimate of drug-likeness (QED) is 0.701. The molecule has 1 amide bonds. The van der Waals surface area contributed by atoms with E-state index in [1.165, 1.54) is 35.1 Å². The summed E-state index contributed by atoms with van der Waals surface area (Å²) in [7, 11) is 0. The lowest BCUT2D eigenvalue weighted by Gasteiger charge is -2.10. The largest absolute Gasteiger partial charge is 0.309 e. The van der Waals surface area contributed by atoms with Gasteiger partial charge in [-0.05, 0) is 54.5 Å². The summed E-state index contributed by atoms with van der Waals surface area (Å²) in [6.45, 7) is 4.26. The average Bonchev–Trinajstić information content (AvgIpc) is 3.36. The molecule has 4 rings (SSSR count). The van der Waals surface area contributed by atoms with Crippen LogP contribution in [0.25, 0.3) is 11.1 Å². The monoisotopic (exact) mass is 345 g/mol. The highest BCUT2D eigenvalue weighted by Gasteiger charge is 2.25. The van der Waals surface area contributed by atoms with Crippen LogP contribution >= 0.6 is 0 Å². The number of benzene rings is 2. The van der Waals surface area contributed by atoms with Crippen LogP contribution < -0.4 is 5.32 Å². The van der Waals surface area contributed by atoms with E-state index in [0.717, 1.165) is 11.3 Å². The van der Waals surface area contributed by atoms with Gasteiger partial charge in [-0.3, -0.25) is 9.89 Å². The van der Waals surface area contributed by atoms with Gasteiger partial charge in [-0.25, -0.2) is 0 Å². The molecule has 0 saturated heterocycles. The molecular formula is C22H23N3O. The normalized spacial score (nSPS) is 13.6. The van der Waals surface area contributed by atoms with E-state index in [0.29, 0.717) is 18.2 Å². The lowest BCUT2D eigenvalue weighted by molar-refractivity contribution is -0.115. The topological polar surface area (TPSA) is 57.8 Å². The zero-order chi connectivity index (χ0) is 18.1. The van der Waals surface area contributed by atoms with Gasteiger partial charge in [0.1, 0.15) is 0 Å². The Balaban J connectivity index is 1.42. The lowest BCUT2D eigenvalue weighted by atomic mass is 9.95. The summed E-state index contributed by atoms with van der Waals surface area (Å²) in [5, 5.41) is 10.1. The predicted molar refractivity (Wildman–Crippen MR) is 104 cm³/mol. The van der Waals surface area contributed by atoms with Gasteiger partial charge in [0.2, 0.25) is 5.91 Å². The molecule has 4 nitrogen and oxygen atoms in total. The predicted octanol–water partition coefficient (Wildman–Crippen LogP) is 4.75. The van der Waals surface area contributed by atoms with E-state index < -0.39 is 0 Å². The fourth-order valence-electron chi connectivity index (χ4n) is 3.44. The summed E-state index contributed by atoms with van der Waals surface area (Å²) in [6.07, 6.45) is 2.77. The number of aromatic amines is 1. The number of carbonyl (C=O) groups is 1. The Morgan fingerprint density at radius 3 is 2.46 bits per heavy atom. The number of amides is 1. The molecule has 26 heavy (non-hydrogen) atoms. The molecule has 4 heteroatoms. The van der Waals surface area contributed by atoms with Crippen LogP contribution in [0.5, 0.6) is 0 Å². The molecule has 2 aromatic carbocycles. The molecule has 1 aliphatic rings. The standard InChI is InChI=1S/C22H23N3O/c1-14-4-3-5-15(2)22(14)18-8-6-16(7-9-18)12-21(26)23-20-13-19(24-25-20)17-10-11-17/h3-9,13,17H,10-12H2,1-2H3,(H2,23,24,25,26). The SMILES string of the molecule is Cc1cccc(C)c1-c1ccc(CC(=O)Nc2cc(C3CC3)[nH]n2)cc1. The van der Waals surface area contributed by atoms with Crippen LogP contribution in [-0.4, -0.2) is 16.1 Å². The highest BCUT2D eigenvalue weighted by atomic mass is 16.1. The highest BCUT2D eigenvalue weighted by Crippen LogP contribution is 2.39. The number of hydrogen-bond acceptors (Lipinski definition) is 2. The van der Waals surface area contributed by atoms with E-state index in [2.05, 4.69) is 59.7 Å². The van der Waals surface area contributed by atoms with Gasteiger partial charge in [-0.2, -0.15) is 5.10 Å². The lowest BCUT2D eigenvalue weighted by Crippen LogP contribution is -2.14. The smallest absolute Gasteiger partial charge is 0.229 e. The summed E-state index contributed by atoms with van der Waals surface area (Å²) in [4.78, 5) is 12.3. The second kappa shape index (κ2) is 6.79. The van der Waals surface area contributed by atoms with Crippen LogP contribution in [-0.2, 0) is 11.2 Å². The number of aryl methyl sites for hydroxylation is 2. The number of hydrogen-bond donors (Lipinski definition) is 2. The van der Waals surface area contributed by atoms with Gasteiger partial charge < -0.3 is 5.32 Å². The van der Waals surface area contributed by atoms with Crippen molar-refractivity contribution in [2.45, 2.75) is 39.0 Å². The fourth-order valence-corrected chi connectivity index (χ4v) is 3.44. The first-order valence-corrected chi connectivity index (χ1v) is 9.11. The molecule has 0 spiro atoms. The van der Waals surface area contributed by atoms with E-state index in [9.17, 15) is 4.79 Å². The van der Waals surface area contributed by atoms with Crippen LogP contribution in [0, 0.1) is 13.8 Å². The van der Waals surface area contributed by atoms with E-state index in [1.54, 1.807) is 0 Å². The molecule has 1 aliphatic carbocycles. The molecule has 3 aromatic rings. The van der Waals surface area contributed by atoms with Crippen molar-refractivity contribution < 1.29 is 4.79 Å². The Morgan fingerprint density at radius 1 is 1.12 bits per heavy atom.